The number of rotatable bonds is 9. The lowest BCUT2D eigenvalue weighted by Crippen LogP contribution is -2.42. The number of carbonyl (C=O) groups is 4. The van der Waals surface area contributed by atoms with E-state index >= 15 is 0 Å². The number of ketones is 1. The molecule has 41 heavy (non-hydrogen) atoms. The van der Waals surface area contributed by atoms with Crippen molar-refractivity contribution < 1.29 is 37.8 Å². The van der Waals surface area contributed by atoms with E-state index in [0.717, 1.165) is 5.56 Å². The molecular weight excluding hydrogens is 528 g/mol. The summed E-state index contributed by atoms with van der Waals surface area (Å²) < 4.78 is 22.2. The van der Waals surface area contributed by atoms with Crippen LogP contribution >= 0.6 is 0 Å². The Balaban J connectivity index is 1.27. The summed E-state index contributed by atoms with van der Waals surface area (Å²) >= 11 is 0. The molecule has 0 spiro atoms. The third-order valence-corrected chi connectivity index (χ3v) is 7.10. The maximum atomic E-state index is 13.1. The summed E-state index contributed by atoms with van der Waals surface area (Å²) in [5, 5.41) is 0. The Morgan fingerprint density at radius 2 is 1.93 bits per heavy atom. The highest BCUT2D eigenvalue weighted by atomic mass is 16.5. The van der Waals surface area contributed by atoms with Gasteiger partial charge in [0.25, 0.3) is 11.8 Å². The van der Waals surface area contributed by atoms with Crippen LogP contribution in [0.15, 0.2) is 59.0 Å². The second-order valence-electron chi connectivity index (χ2n) is 10.1. The zero-order chi connectivity index (χ0) is 28.9. The monoisotopic (exact) mass is 560 g/mol. The molecule has 0 unspecified atom stereocenters. The summed E-state index contributed by atoms with van der Waals surface area (Å²) in [6.07, 6.45) is 1.37. The molecule has 3 heterocycles. The third kappa shape index (κ3) is 6.42. The second kappa shape index (κ2) is 12.3. The van der Waals surface area contributed by atoms with Crippen molar-refractivity contribution in [2.75, 3.05) is 37.8 Å². The number of ether oxygens (including phenoxy) is 3. The van der Waals surface area contributed by atoms with E-state index in [4.69, 9.17) is 18.6 Å². The van der Waals surface area contributed by atoms with Gasteiger partial charge >= 0.3 is 5.97 Å². The normalized spacial score (nSPS) is 16.5. The molecule has 0 bridgehead atoms. The number of amides is 2. The smallest absolute Gasteiger partial charge is 0.310 e. The zero-order valence-corrected chi connectivity index (χ0v) is 23.1. The first kappa shape index (κ1) is 27.9. The number of aryl methyl sites for hydroxylation is 1. The number of furan rings is 1. The largest absolute Gasteiger partial charge is 0.485 e. The van der Waals surface area contributed by atoms with E-state index < -0.39 is 0 Å². The van der Waals surface area contributed by atoms with Crippen LogP contribution in [0.5, 0.6) is 11.5 Å². The summed E-state index contributed by atoms with van der Waals surface area (Å²) in [4.78, 5) is 54.1. The van der Waals surface area contributed by atoms with Crippen molar-refractivity contribution >= 4 is 29.3 Å². The lowest BCUT2D eigenvalue weighted by molar-refractivity contribution is -0.149. The number of likely N-dealkylation sites (tertiary alicyclic amines) is 1. The number of carbonyl (C=O) groups excluding carboxylic acids is 4. The molecule has 10 nitrogen and oxygen atoms in total. The number of esters is 1. The Kier molecular flexibility index (Phi) is 8.37. The Hall–Kier alpha value is -4.60. The highest BCUT2D eigenvalue weighted by Crippen LogP contribution is 2.34. The zero-order valence-electron chi connectivity index (χ0n) is 23.1. The van der Waals surface area contributed by atoms with Crippen LogP contribution in [0.1, 0.15) is 52.0 Å². The van der Waals surface area contributed by atoms with Crippen molar-refractivity contribution in [3.63, 3.8) is 0 Å². The van der Waals surface area contributed by atoms with Crippen LogP contribution in [0.4, 0.5) is 5.69 Å². The molecule has 1 aromatic heterocycles. The molecule has 1 fully saturated rings. The van der Waals surface area contributed by atoms with E-state index in [1.807, 2.05) is 25.1 Å². The van der Waals surface area contributed by atoms with Gasteiger partial charge < -0.3 is 23.5 Å². The number of hydrogen-bond donors (Lipinski definition) is 0. The van der Waals surface area contributed by atoms with Gasteiger partial charge in [0.2, 0.25) is 0 Å². The number of hydrogen-bond acceptors (Lipinski definition) is 8. The summed E-state index contributed by atoms with van der Waals surface area (Å²) in [6.45, 7) is 4.51. The first-order valence-electron chi connectivity index (χ1n) is 13.7. The van der Waals surface area contributed by atoms with Crippen molar-refractivity contribution in [1.82, 2.24) is 4.90 Å². The van der Waals surface area contributed by atoms with Gasteiger partial charge in [-0.3, -0.25) is 24.1 Å². The van der Waals surface area contributed by atoms with E-state index in [1.54, 1.807) is 48.2 Å². The number of piperidine rings is 1. The van der Waals surface area contributed by atoms with E-state index in [0.29, 0.717) is 54.5 Å². The highest BCUT2D eigenvalue weighted by molar-refractivity contribution is 6.02. The van der Waals surface area contributed by atoms with Gasteiger partial charge in [-0.15, -0.1) is 0 Å². The number of anilines is 1. The standard InChI is InChI=1S/C31H32N2O8/c1-3-38-31(37)22-7-5-13-32(16-22)30(36)28-12-10-24(41-28)17-33-25-15-21(9-11-27(25)40-19-29(33)35)26(34)18-39-23-8-4-6-20(2)14-23/h4,6,8-12,14-15,22H,3,5,7,13,16-19H2,1-2H3/t22-/m0/s1. The van der Waals surface area contributed by atoms with Crippen molar-refractivity contribution in [2.24, 2.45) is 5.92 Å². The maximum Gasteiger partial charge on any atom is 0.310 e. The Bertz CT molecular complexity index is 1460. The SMILES string of the molecule is CCOC(=O)[C@H]1CCCN(C(=O)c2ccc(CN3C(=O)COc4ccc(C(=O)COc5cccc(C)c5)cc43)o2)C1. The number of Topliss-reactive ketones (excluding diaryl/α,β-unsaturated/α-hetero) is 1. The van der Waals surface area contributed by atoms with Crippen LogP contribution in [0.25, 0.3) is 0 Å². The third-order valence-electron chi connectivity index (χ3n) is 7.10. The lowest BCUT2D eigenvalue weighted by Gasteiger charge is -2.31. The molecule has 0 saturated carbocycles. The summed E-state index contributed by atoms with van der Waals surface area (Å²) in [5.41, 5.74) is 1.83. The van der Waals surface area contributed by atoms with Crippen LogP contribution in [-0.4, -0.2) is 61.4 Å². The van der Waals surface area contributed by atoms with Gasteiger partial charge in [0.05, 0.1) is 24.8 Å². The van der Waals surface area contributed by atoms with Gasteiger partial charge in [-0.05, 0) is 74.7 Å². The van der Waals surface area contributed by atoms with E-state index in [2.05, 4.69) is 0 Å². The molecule has 1 atom stereocenters. The van der Waals surface area contributed by atoms with Gasteiger partial charge in [-0.25, -0.2) is 0 Å². The molecule has 5 rings (SSSR count). The average Bonchev–Trinajstić information content (AvgIpc) is 3.45. The molecule has 0 radical (unpaired) electrons. The van der Waals surface area contributed by atoms with Gasteiger partial charge in [0.1, 0.15) is 17.3 Å². The fraction of sp³-hybridized carbons (Fsp3) is 0.355. The first-order chi connectivity index (χ1) is 19.8. The second-order valence-corrected chi connectivity index (χ2v) is 10.1. The van der Waals surface area contributed by atoms with Crippen molar-refractivity contribution in [3.8, 4) is 11.5 Å². The Morgan fingerprint density at radius 1 is 1.07 bits per heavy atom. The van der Waals surface area contributed by atoms with Crippen molar-refractivity contribution in [1.29, 1.82) is 0 Å². The molecule has 2 amide bonds. The van der Waals surface area contributed by atoms with Gasteiger partial charge in [-0.2, -0.15) is 0 Å². The highest BCUT2D eigenvalue weighted by Gasteiger charge is 2.32. The molecule has 3 aromatic rings. The predicted octanol–water partition coefficient (Wildman–Crippen LogP) is 4.19. The average molecular weight is 561 g/mol. The number of benzene rings is 2. The Labute approximate surface area is 237 Å². The maximum absolute atomic E-state index is 13.1. The van der Waals surface area contributed by atoms with Gasteiger partial charge in [-0.1, -0.05) is 12.1 Å². The fourth-order valence-electron chi connectivity index (χ4n) is 4.99. The van der Waals surface area contributed by atoms with Crippen LogP contribution in [-0.2, 0) is 20.9 Å². The molecule has 10 heteroatoms. The molecule has 2 aliphatic heterocycles. The minimum Gasteiger partial charge on any atom is -0.485 e. The molecular formula is C31H32N2O8. The van der Waals surface area contributed by atoms with Crippen molar-refractivity contribution in [3.05, 3.63) is 77.2 Å². The van der Waals surface area contributed by atoms with Crippen LogP contribution < -0.4 is 14.4 Å². The summed E-state index contributed by atoms with van der Waals surface area (Å²) in [7, 11) is 0. The molecule has 2 aromatic carbocycles. The predicted molar refractivity (Wildman–Crippen MR) is 148 cm³/mol. The van der Waals surface area contributed by atoms with E-state index in [1.165, 1.54) is 4.90 Å². The molecule has 0 aliphatic carbocycles. The van der Waals surface area contributed by atoms with E-state index in [-0.39, 0.29) is 61.5 Å². The minimum atomic E-state index is -0.358. The molecule has 2 aliphatic rings. The summed E-state index contributed by atoms with van der Waals surface area (Å²) in [5.74, 6) is 0.0491. The lowest BCUT2D eigenvalue weighted by atomic mass is 9.98. The fourth-order valence-corrected chi connectivity index (χ4v) is 4.99. The van der Waals surface area contributed by atoms with Gasteiger partial charge in [0.15, 0.2) is 24.8 Å². The Morgan fingerprint density at radius 3 is 2.73 bits per heavy atom. The quantitative estimate of drug-likeness (QED) is 0.283. The summed E-state index contributed by atoms with van der Waals surface area (Å²) in [6, 6.07) is 15.5. The van der Waals surface area contributed by atoms with E-state index in [9.17, 15) is 19.2 Å². The van der Waals surface area contributed by atoms with Crippen LogP contribution in [0.3, 0.4) is 0 Å². The molecule has 214 valence electrons. The molecule has 0 N–H and O–H groups in total. The topological polar surface area (TPSA) is 116 Å². The minimum absolute atomic E-state index is 0.0470. The number of nitrogens with zero attached hydrogens (tertiary/aromatic N) is 2. The van der Waals surface area contributed by atoms with Crippen molar-refractivity contribution in [2.45, 2.75) is 33.2 Å². The molecule has 1 saturated heterocycles. The first-order valence-corrected chi connectivity index (χ1v) is 13.7. The number of fused-ring (bicyclic) bond motifs is 1. The van der Waals surface area contributed by atoms with Crippen LogP contribution in [0, 0.1) is 12.8 Å². The van der Waals surface area contributed by atoms with Gasteiger partial charge in [0, 0.05) is 18.7 Å². The van der Waals surface area contributed by atoms with Crippen LogP contribution in [0.2, 0.25) is 0 Å².